The molecule has 3 nitrogen and oxygen atoms in total. The van der Waals surface area contributed by atoms with Gasteiger partial charge in [0.1, 0.15) is 5.82 Å². The van der Waals surface area contributed by atoms with Crippen LogP contribution in [0.5, 0.6) is 0 Å². The van der Waals surface area contributed by atoms with E-state index in [1.54, 1.807) is 6.07 Å². The Bertz CT molecular complexity index is 522. The van der Waals surface area contributed by atoms with Crippen LogP contribution in [-0.4, -0.2) is 16.3 Å². The third kappa shape index (κ3) is 3.64. The summed E-state index contributed by atoms with van der Waals surface area (Å²) < 4.78 is 15.5. The Morgan fingerprint density at radius 1 is 1.32 bits per heavy atom. The fourth-order valence-electron chi connectivity index (χ4n) is 2.23. The standard InChI is InChI=1S/C15H20FN3/c1-2-19-11-13(10-18-19)7-12(9-17)8-14-5-3-4-6-15(14)16/h3-6,10-12H,2,7-9,17H2,1H3. The molecule has 0 radical (unpaired) electrons. The van der Waals surface area contributed by atoms with Crippen molar-refractivity contribution in [2.45, 2.75) is 26.3 Å². The lowest BCUT2D eigenvalue weighted by molar-refractivity contribution is 0.511. The second-order valence-corrected chi connectivity index (χ2v) is 4.81. The molecule has 0 amide bonds. The number of halogens is 1. The fourth-order valence-corrected chi connectivity index (χ4v) is 2.23. The molecule has 2 rings (SSSR count). The van der Waals surface area contributed by atoms with Gasteiger partial charge in [-0.2, -0.15) is 5.10 Å². The largest absolute Gasteiger partial charge is 0.330 e. The van der Waals surface area contributed by atoms with Crippen LogP contribution in [-0.2, 0) is 19.4 Å². The van der Waals surface area contributed by atoms with Crippen molar-refractivity contribution < 1.29 is 4.39 Å². The molecular formula is C15H20FN3. The Hall–Kier alpha value is -1.68. The first-order valence-corrected chi connectivity index (χ1v) is 6.67. The summed E-state index contributed by atoms with van der Waals surface area (Å²) in [4.78, 5) is 0. The van der Waals surface area contributed by atoms with Gasteiger partial charge >= 0.3 is 0 Å². The third-order valence-electron chi connectivity index (χ3n) is 3.33. The van der Waals surface area contributed by atoms with Crippen molar-refractivity contribution in [3.63, 3.8) is 0 Å². The molecular weight excluding hydrogens is 241 g/mol. The second kappa shape index (κ2) is 6.48. The summed E-state index contributed by atoms with van der Waals surface area (Å²) in [7, 11) is 0. The summed E-state index contributed by atoms with van der Waals surface area (Å²) in [6.07, 6.45) is 5.41. The fraction of sp³-hybridized carbons (Fsp3) is 0.400. The van der Waals surface area contributed by atoms with Gasteiger partial charge in [0.05, 0.1) is 6.20 Å². The van der Waals surface area contributed by atoms with Gasteiger partial charge in [-0.25, -0.2) is 4.39 Å². The third-order valence-corrected chi connectivity index (χ3v) is 3.33. The van der Waals surface area contributed by atoms with E-state index in [1.807, 2.05) is 29.2 Å². The number of hydrogen-bond donors (Lipinski definition) is 1. The molecule has 0 aliphatic heterocycles. The highest BCUT2D eigenvalue weighted by molar-refractivity contribution is 5.18. The first-order valence-electron chi connectivity index (χ1n) is 6.67. The number of rotatable bonds is 6. The van der Waals surface area contributed by atoms with E-state index in [2.05, 4.69) is 12.0 Å². The highest BCUT2D eigenvalue weighted by Gasteiger charge is 2.12. The lowest BCUT2D eigenvalue weighted by Gasteiger charge is -2.14. The zero-order valence-electron chi connectivity index (χ0n) is 11.2. The second-order valence-electron chi connectivity index (χ2n) is 4.81. The Balaban J connectivity index is 2.02. The maximum absolute atomic E-state index is 13.6. The predicted octanol–water partition coefficient (Wildman–Crippen LogP) is 2.40. The molecule has 0 bridgehead atoms. The van der Waals surface area contributed by atoms with Gasteiger partial charge in [-0.05, 0) is 49.4 Å². The average molecular weight is 261 g/mol. The molecule has 1 aromatic heterocycles. The lowest BCUT2D eigenvalue weighted by atomic mass is 9.93. The minimum absolute atomic E-state index is 0.148. The number of nitrogens with two attached hydrogens (primary N) is 1. The number of nitrogens with zero attached hydrogens (tertiary/aromatic N) is 2. The average Bonchev–Trinajstić information content (AvgIpc) is 2.88. The normalized spacial score (nSPS) is 12.6. The number of aromatic nitrogens is 2. The Kier molecular flexibility index (Phi) is 4.68. The van der Waals surface area contributed by atoms with Crippen LogP contribution in [0, 0.1) is 11.7 Å². The minimum Gasteiger partial charge on any atom is -0.330 e. The summed E-state index contributed by atoms with van der Waals surface area (Å²) in [5, 5.41) is 4.25. The van der Waals surface area contributed by atoms with E-state index in [0.29, 0.717) is 13.0 Å². The van der Waals surface area contributed by atoms with Crippen LogP contribution in [0.1, 0.15) is 18.1 Å². The van der Waals surface area contributed by atoms with Gasteiger partial charge in [-0.3, -0.25) is 4.68 Å². The predicted molar refractivity (Wildman–Crippen MR) is 74.3 cm³/mol. The molecule has 0 aliphatic carbocycles. The molecule has 1 atom stereocenters. The molecule has 1 heterocycles. The Morgan fingerprint density at radius 2 is 2.11 bits per heavy atom. The van der Waals surface area contributed by atoms with Crippen molar-refractivity contribution in [2.24, 2.45) is 11.7 Å². The molecule has 0 spiro atoms. The van der Waals surface area contributed by atoms with E-state index in [1.165, 1.54) is 6.07 Å². The van der Waals surface area contributed by atoms with Gasteiger partial charge in [0.15, 0.2) is 0 Å². The summed E-state index contributed by atoms with van der Waals surface area (Å²) in [6, 6.07) is 6.90. The quantitative estimate of drug-likeness (QED) is 0.867. The number of hydrogen-bond acceptors (Lipinski definition) is 2. The van der Waals surface area contributed by atoms with Gasteiger partial charge < -0.3 is 5.73 Å². The molecule has 102 valence electrons. The van der Waals surface area contributed by atoms with E-state index in [-0.39, 0.29) is 11.7 Å². The van der Waals surface area contributed by atoms with Gasteiger partial charge in [0.2, 0.25) is 0 Å². The van der Waals surface area contributed by atoms with Crippen molar-refractivity contribution in [1.29, 1.82) is 0 Å². The van der Waals surface area contributed by atoms with Gasteiger partial charge in [-0.1, -0.05) is 18.2 Å². The van der Waals surface area contributed by atoms with Crippen molar-refractivity contribution in [1.82, 2.24) is 9.78 Å². The molecule has 0 saturated carbocycles. The molecule has 1 aromatic carbocycles. The first-order chi connectivity index (χ1) is 9.22. The highest BCUT2D eigenvalue weighted by atomic mass is 19.1. The van der Waals surface area contributed by atoms with E-state index >= 15 is 0 Å². The Morgan fingerprint density at radius 3 is 2.74 bits per heavy atom. The minimum atomic E-state index is -0.148. The van der Waals surface area contributed by atoms with Gasteiger partial charge in [-0.15, -0.1) is 0 Å². The van der Waals surface area contributed by atoms with Crippen LogP contribution >= 0.6 is 0 Å². The molecule has 0 fully saturated rings. The van der Waals surface area contributed by atoms with E-state index in [0.717, 1.165) is 24.1 Å². The van der Waals surface area contributed by atoms with Crippen LogP contribution in [0.3, 0.4) is 0 Å². The van der Waals surface area contributed by atoms with E-state index < -0.39 is 0 Å². The summed E-state index contributed by atoms with van der Waals surface area (Å²) in [6.45, 7) is 3.46. The molecule has 4 heteroatoms. The van der Waals surface area contributed by atoms with Crippen LogP contribution in [0.15, 0.2) is 36.7 Å². The maximum atomic E-state index is 13.6. The van der Waals surface area contributed by atoms with Crippen LogP contribution in [0.4, 0.5) is 4.39 Å². The molecule has 2 N–H and O–H groups in total. The summed E-state index contributed by atoms with van der Waals surface area (Å²) >= 11 is 0. The van der Waals surface area contributed by atoms with E-state index in [9.17, 15) is 4.39 Å². The van der Waals surface area contributed by atoms with Crippen molar-refractivity contribution in [3.8, 4) is 0 Å². The number of benzene rings is 1. The maximum Gasteiger partial charge on any atom is 0.126 e. The molecule has 19 heavy (non-hydrogen) atoms. The van der Waals surface area contributed by atoms with Crippen LogP contribution < -0.4 is 5.73 Å². The Labute approximate surface area is 113 Å². The zero-order chi connectivity index (χ0) is 13.7. The molecule has 2 aromatic rings. The van der Waals surface area contributed by atoms with Crippen molar-refractivity contribution in [3.05, 3.63) is 53.6 Å². The molecule has 0 saturated heterocycles. The summed E-state index contributed by atoms with van der Waals surface area (Å²) in [5.74, 6) is 0.0941. The smallest absolute Gasteiger partial charge is 0.126 e. The van der Waals surface area contributed by atoms with Crippen molar-refractivity contribution >= 4 is 0 Å². The summed E-state index contributed by atoms with van der Waals surface area (Å²) in [5.41, 5.74) is 7.71. The highest BCUT2D eigenvalue weighted by Crippen LogP contribution is 2.16. The molecule has 1 unspecified atom stereocenters. The van der Waals surface area contributed by atoms with Crippen molar-refractivity contribution in [2.75, 3.05) is 6.54 Å². The van der Waals surface area contributed by atoms with Gasteiger partial charge in [0, 0.05) is 12.7 Å². The zero-order valence-corrected chi connectivity index (χ0v) is 11.2. The lowest BCUT2D eigenvalue weighted by Crippen LogP contribution is -2.19. The SMILES string of the molecule is CCn1cc(CC(CN)Cc2ccccc2F)cn1. The molecule has 0 aliphatic rings. The van der Waals surface area contributed by atoms with E-state index in [4.69, 9.17) is 5.73 Å². The van der Waals surface area contributed by atoms with Gasteiger partial charge in [0.25, 0.3) is 0 Å². The van der Waals surface area contributed by atoms with Crippen LogP contribution in [0.2, 0.25) is 0 Å². The number of aryl methyl sites for hydroxylation is 1. The topological polar surface area (TPSA) is 43.8 Å². The monoisotopic (exact) mass is 261 g/mol. The van der Waals surface area contributed by atoms with Crippen LogP contribution in [0.25, 0.3) is 0 Å². The first kappa shape index (κ1) is 13.7.